The van der Waals surface area contributed by atoms with Gasteiger partial charge < -0.3 is 0 Å². The van der Waals surface area contributed by atoms with E-state index in [1.807, 2.05) is 18.2 Å². The van der Waals surface area contributed by atoms with Crippen LogP contribution in [0, 0.1) is 0 Å². The van der Waals surface area contributed by atoms with Crippen LogP contribution in [0.2, 0.25) is 10.0 Å². The van der Waals surface area contributed by atoms with Crippen molar-refractivity contribution >= 4 is 39.1 Å². The lowest BCUT2D eigenvalue weighted by Gasteiger charge is -2.03. The van der Waals surface area contributed by atoms with Crippen LogP contribution in [0.25, 0.3) is 11.3 Å². The zero-order valence-electron chi connectivity index (χ0n) is 7.42. The Kier molecular flexibility index (Phi) is 3.24. The molecule has 0 fully saturated rings. The lowest BCUT2D eigenvalue weighted by atomic mass is 10.1. The quantitative estimate of drug-likeness (QED) is 0.788. The third-order valence-electron chi connectivity index (χ3n) is 1.86. The molecule has 5 heteroatoms. The predicted molar refractivity (Wildman–Crippen MR) is 65.2 cm³/mol. The van der Waals surface area contributed by atoms with Crippen molar-refractivity contribution in [1.29, 1.82) is 0 Å². The Morgan fingerprint density at radius 2 is 1.80 bits per heavy atom. The van der Waals surface area contributed by atoms with Crippen molar-refractivity contribution in [2.45, 2.75) is 0 Å². The van der Waals surface area contributed by atoms with Gasteiger partial charge in [-0.1, -0.05) is 35.3 Å². The highest BCUT2D eigenvalue weighted by atomic mass is 79.9. The molecule has 0 aliphatic carbocycles. The van der Waals surface area contributed by atoms with Crippen molar-refractivity contribution < 1.29 is 0 Å². The minimum atomic E-state index is 0.496. The molecule has 0 bridgehead atoms. The predicted octanol–water partition coefficient (Wildman–Crippen LogP) is 4.21. The number of rotatable bonds is 1. The maximum atomic E-state index is 6.06. The van der Waals surface area contributed by atoms with Crippen LogP contribution in [0.15, 0.2) is 34.9 Å². The van der Waals surface area contributed by atoms with Crippen molar-refractivity contribution in [2.75, 3.05) is 0 Å². The lowest BCUT2D eigenvalue weighted by molar-refractivity contribution is 1.01. The zero-order valence-corrected chi connectivity index (χ0v) is 10.5. The highest BCUT2D eigenvalue weighted by Crippen LogP contribution is 2.32. The average molecular weight is 304 g/mol. The maximum absolute atomic E-state index is 6.06. The molecule has 0 aliphatic heterocycles. The van der Waals surface area contributed by atoms with Crippen LogP contribution >= 0.6 is 39.1 Å². The molecule has 0 saturated heterocycles. The molecule has 2 rings (SSSR count). The van der Waals surface area contributed by atoms with Crippen molar-refractivity contribution in [3.63, 3.8) is 0 Å². The number of benzene rings is 1. The summed E-state index contributed by atoms with van der Waals surface area (Å²) < 4.78 is 0.685. The van der Waals surface area contributed by atoms with Crippen molar-refractivity contribution in [2.24, 2.45) is 0 Å². The minimum absolute atomic E-state index is 0.496. The number of halogens is 3. The molecule has 0 saturated carbocycles. The van der Waals surface area contributed by atoms with Crippen LogP contribution in [-0.4, -0.2) is 10.2 Å². The molecule has 2 aromatic rings. The van der Waals surface area contributed by atoms with E-state index in [1.165, 1.54) is 0 Å². The fourth-order valence-corrected chi connectivity index (χ4v) is 1.77. The molecule has 0 unspecified atom stereocenters. The van der Waals surface area contributed by atoms with Crippen molar-refractivity contribution in [1.82, 2.24) is 10.2 Å². The first-order valence-corrected chi connectivity index (χ1v) is 5.67. The summed E-state index contributed by atoms with van der Waals surface area (Å²) in [4.78, 5) is 0. The Morgan fingerprint density at radius 1 is 1.00 bits per heavy atom. The van der Waals surface area contributed by atoms with Gasteiger partial charge in [0.15, 0.2) is 0 Å². The van der Waals surface area contributed by atoms with Crippen LogP contribution in [0.5, 0.6) is 0 Å². The number of aromatic nitrogens is 2. The number of hydrogen-bond donors (Lipinski definition) is 0. The Morgan fingerprint density at radius 3 is 2.47 bits per heavy atom. The molecule has 15 heavy (non-hydrogen) atoms. The van der Waals surface area contributed by atoms with E-state index in [9.17, 15) is 0 Å². The largest absolute Gasteiger partial charge is 0.149 e. The summed E-state index contributed by atoms with van der Waals surface area (Å²) in [6.07, 6.45) is 0. The first-order valence-electron chi connectivity index (χ1n) is 4.12. The molecule has 0 spiro atoms. The van der Waals surface area contributed by atoms with Crippen LogP contribution in [-0.2, 0) is 0 Å². The first kappa shape index (κ1) is 10.9. The van der Waals surface area contributed by atoms with Gasteiger partial charge in [0.05, 0.1) is 15.7 Å². The van der Waals surface area contributed by atoms with Crippen LogP contribution < -0.4 is 0 Å². The molecule has 1 heterocycles. The Labute approximate surface area is 105 Å². The molecule has 1 aromatic carbocycles. The summed E-state index contributed by atoms with van der Waals surface area (Å²) in [5.74, 6) is 0. The van der Waals surface area contributed by atoms with E-state index in [2.05, 4.69) is 26.1 Å². The summed E-state index contributed by atoms with van der Waals surface area (Å²) >= 11 is 15.2. The first-order chi connectivity index (χ1) is 7.18. The van der Waals surface area contributed by atoms with Gasteiger partial charge in [0, 0.05) is 5.56 Å². The standard InChI is InChI=1S/C10H5BrCl2N2/c11-9-5-4-8(14-15-9)6-2-1-3-7(12)10(6)13/h1-5H. The van der Waals surface area contributed by atoms with Crippen molar-refractivity contribution in [3.05, 3.63) is 45.0 Å². The smallest absolute Gasteiger partial charge is 0.128 e. The second kappa shape index (κ2) is 4.47. The fourth-order valence-electron chi connectivity index (χ4n) is 1.16. The Hall–Kier alpha value is -0.640. The Bertz CT molecular complexity index is 485. The SMILES string of the molecule is Clc1cccc(-c2ccc(Br)nn2)c1Cl. The molecule has 0 N–H and O–H groups in total. The summed E-state index contributed by atoms with van der Waals surface area (Å²) in [5.41, 5.74) is 1.48. The molecular weight excluding hydrogens is 299 g/mol. The van der Waals surface area contributed by atoms with E-state index in [0.29, 0.717) is 20.3 Å². The van der Waals surface area contributed by atoms with Crippen LogP contribution in [0.4, 0.5) is 0 Å². The fraction of sp³-hybridized carbons (Fsp3) is 0. The lowest BCUT2D eigenvalue weighted by Crippen LogP contribution is -1.88. The van der Waals surface area contributed by atoms with Gasteiger partial charge in [-0.3, -0.25) is 0 Å². The third-order valence-corrected chi connectivity index (χ3v) is 3.10. The topological polar surface area (TPSA) is 25.8 Å². The van der Waals surface area contributed by atoms with E-state index in [4.69, 9.17) is 23.2 Å². The number of nitrogens with zero attached hydrogens (tertiary/aromatic N) is 2. The summed E-state index contributed by atoms with van der Waals surface area (Å²) in [7, 11) is 0. The van der Waals surface area contributed by atoms with Gasteiger partial charge in [0.25, 0.3) is 0 Å². The summed E-state index contributed by atoms with van der Waals surface area (Å²) in [6, 6.07) is 9.05. The summed E-state index contributed by atoms with van der Waals surface area (Å²) in [6.45, 7) is 0. The average Bonchev–Trinajstić information content (AvgIpc) is 2.24. The molecule has 0 amide bonds. The third kappa shape index (κ3) is 2.30. The van der Waals surface area contributed by atoms with Crippen LogP contribution in [0.3, 0.4) is 0 Å². The molecule has 0 radical (unpaired) electrons. The second-order valence-corrected chi connectivity index (χ2v) is 4.44. The van der Waals surface area contributed by atoms with Gasteiger partial charge in [-0.2, -0.15) is 0 Å². The highest BCUT2D eigenvalue weighted by Gasteiger charge is 2.07. The second-order valence-electron chi connectivity index (χ2n) is 2.84. The van der Waals surface area contributed by atoms with E-state index < -0.39 is 0 Å². The molecule has 1 aromatic heterocycles. The van der Waals surface area contributed by atoms with E-state index in [0.717, 1.165) is 5.56 Å². The van der Waals surface area contributed by atoms with Gasteiger partial charge >= 0.3 is 0 Å². The van der Waals surface area contributed by atoms with E-state index in [-0.39, 0.29) is 0 Å². The van der Waals surface area contributed by atoms with Gasteiger partial charge in [0.2, 0.25) is 0 Å². The molecule has 76 valence electrons. The summed E-state index contributed by atoms with van der Waals surface area (Å²) in [5, 5.41) is 8.91. The van der Waals surface area contributed by atoms with Gasteiger partial charge in [0.1, 0.15) is 4.60 Å². The van der Waals surface area contributed by atoms with Crippen molar-refractivity contribution in [3.8, 4) is 11.3 Å². The number of hydrogen-bond acceptors (Lipinski definition) is 2. The molecule has 2 nitrogen and oxygen atoms in total. The van der Waals surface area contributed by atoms with E-state index in [1.54, 1.807) is 12.1 Å². The highest BCUT2D eigenvalue weighted by molar-refractivity contribution is 9.10. The molecule has 0 aliphatic rings. The van der Waals surface area contributed by atoms with Crippen LogP contribution in [0.1, 0.15) is 0 Å². The maximum Gasteiger partial charge on any atom is 0.128 e. The minimum Gasteiger partial charge on any atom is -0.149 e. The Balaban J connectivity index is 2.54. The monoisotopic (exact) mass is 302 g/mol. The van der Waals surface area contributed by atoms with Gasteiger partial charge in [-0.15, -0.1) is 10.2 Å². The zero-order chi connectivity index (χ0) is 10.8. The normalized spacial score (nSPS) is 10.3. The van der Waals surface area contributed by atoms with Gasteiger partial charge in [-0.25, -0.2) is 0 Å². The van der Waals surface area contributed by atoms with Gasteiger partial charge in [-0.05, 0) is 34.1 Å². The van der Waals surface area contributed by atoms with E-state index >= 15 is 0 Å². The molecular formula is C10H5BrCl2N2. The molecule has 0 atom stereocenters.